The summed E-state index contributed by atoms with van der Waals surface area (Å²) < 4.78 is 0. The second-order valence-electron chi connectivity index (χ2n) is 12.3. The zero-order chi connectivity index (χ0) is 28.6. The molecule has 3 aliphatic rings. The maximum Gasteiger partial charge on any atom is 0.0353 e. The number of allylic oxidation sites excluding steroid dienone is 5. The highest BCUT2D eigenvalue weighted by molar-refractivity contribution is 6.08. The van der Waals surface area contributed by atoms with Crippen LogP contribution in [0.3, 0.4) is 0 Å². The van der Waals surface area contributed by atoms with Crippen molar-refractivity contribution in [3.63, 3.8) is 0 Å². The molecule has 42 heavy (non-hydrogen) atoms. The van der Waals surface area contributed by atoms with Gasteiger partial charge < -0.3 is 0 Å². The van der Waals surface area contributed by atoms with Crippen molar-refractivity contribution in [2.45, 2.75) is 58.8 Å². The summed E-state index contributed by atoms with van der Waals surface area (Å²) >= 11 is 0. The smallest absolute Gasteiger partial charge is 0.0353 e. The number of benzene rings is 3. The van der Waals surface area contributed by atoms with Gasteiger partial charge in [0.25, 0.3) is 0 Å². The third-order valence-corrected chi connectivity index (χ3v) is 9.47. The van der Waals surface area contributed by atoms with Gasteiger partial charge in [0.2, 0.25) is 0 Å². The first-order valence-electron chi connectivity index (χ1n) is 15.7. The quantitative estimate of drug-likeness (QED) is 0.252. The monoisotopic (exact) mass is 545 g/mol. The Morgan fingerprint density at radius 1 is 0.690 bits per heavy atom. The van der Waals surface area contributed by atoms with Crippen LogP contribution in [-0.4, -0.2) is 4.98 Å². The maximum atomic E-state index is 4.73. The predicted octanol–water partition coefficient (Wildman–Crippen LogP) is 7.66. The zero-order valence-corrected chi connectivity index (χ0v) is 25.0. The Balaban J connectivity index is 1.63. The van der Waals surface area contributed by atoms with E-state index in [4.69, 9.17) is 4.98 Å². The lowest BCUT2D eigenvalue weighted by atomic mass is 9.84. The molecular weight excluding hydrogens is 506 g/mol. The number of nitrogens with zero attached hydrogens (tertiary/aromatic N) is 1. The molecule has 2 atom stereocenters. The van der Waals surface area contributed by atoms with Crippen molar-refractivity contribution >= 4 is 52.3 Å². The van der Waals surface area contributed by atoms with E-state index in [0.717, 1.165) is 19.3 Å². The Morgan fingerprint density at radius 3 is 2.38 bits per heavy atom. The summed E-state index contributed by atoms with van der Waals surface area (Å²) in [6, 6.07) is 20.0. The van der Waals surface area contributed by atoms with Gasteiger partial charge in [0.05, 0.1) is 0 Å². The van der Waals surface area contributed by atoms with Gasteiger partial charge in [0.1, 0.15) is 0 Å². The fraction of sp³-hybridized carbons (Fsp3) is 0.244. The molecule has 0 bridgehead atoms. The van der Waals surface area contributed by atoms with Crippen LogP contribution >= 0.6 is 0 Å². The third-order valence-electron chi connectivity index (χ3n) is 9.47. The van der Waals surface area contributed by atoms with Gasteiger partial charge in [-0.05, 0) is 123 Å². The number of pyridine rings is 1. The van der Waals surface area contributed by atoms with Crippen LogP contribution in [-0.2, 0) is 0 Å². The van der Waals surface area contributed by atoms with Gasteiger partial charge in [-0.1, -0.05) is 98.3 Å². The number of hydrogen-bond donors (Lipinski definition) is 0. The van der Waals surface area contributed by atoms with E-state index in [1.165, 1.54) is 83.5 Å². The molecule has 0 spiro atoms. The van der Waals surface area contributed by atoms with Gasteiger partial charge in [-0.25, -0.2) is 0 Å². The highest BCUT2D eigenvalue weighted by Crippen LogP contribution is 2.37. The van der Waals surface area contributed by atoms with Gasteiger partial charge in [0.15, 0.2) is 0 Å². The van der Waals surface area contributed by atoms with Crippen LogP contribution in [0.25, 0.3) is 52.3 Å². The maximum absolute atomic E-state index is 4.73. The van der Waals surface area contributed by atoms with E-state index < -0.39 is 0 Å². The fourth-order valence-electron chi connectivity index (χ4n) is 7.14. The van der Waals surface area contributed by atoms with Crippen LogP contribution < -0.4 is 20.9 Å². The Hall–Kier alpha value is -4.23. The molecular formula is C41H39N. The molecule has 1 heterocycles. The molecule has 208 valence electrons. The van der Waals surface area contributed by atoms with Crippen LogP contribution in [0.1, 0.15) is 81.0 Å². The molecule has 0 saturated heterocycles. The highest BCUT2D eigenvalue weighted by Gasteiger charge is 2.21. The van der Waals surface area contributed by atoms with Crippen LogP contribution in [0, 0.1) is 5.92 Å². The van der Waals surface area contributed by atoms with Gasteiger partial charge in [-0.2, -0.15) is 0 Å². The average Bonchev–Trinajstić information content (AvgIpc) is 3.10. The fourth-order valence-corrected chi connectivity index (χ4v) is 7.14. The lowest BCUT2D eigenvalue weighted by Crippen LogP contribution is -2.34. The molecule has 1 heteroatoms. The lowest BCUT2D eigenvalue weighted by Gasteiger charge is -2.19. The second-order valence-corrected chi connectivity index (χ2v) is 12.3. The van der Waals surface area contributed by atoms with Crippen molar-refractivity contribution in [2.75, 3.05) is 0 Å². The summed E-state index contributed by atoms with van der Waals surface area (Å²) in [5.41, 5.74) is 9.41. The minimum atomic E-state index is 0.376. The van der Waals surface area contributed by atoms with Crippen molar-refractivity contribution in [3.8, 4) is 0 Å². The largest absolute Gasteiger partial charge is 0.264 e. The third kappa shape index (κ3) is 4.81. The summed E-state index contributed by atoms with van der Waals surface area (Å²) in [5.74, 6) is 0.882. The first-order chi connectivity index (χ1) is 20.6. The summed E-state index contributed by atoms with van der Waals surface area (Å²) in [7, 11) is 0. The SMILES string of the molecule is CC1=CC(c2c3/c(c(C4=C\CC\C=c5/cccc/c5=C/4)c4ccncc24)=C\CCCC(C)\C=3)=Cc2ccccc2C1C. The molecule has 3 aliphatic carbocycles. The van der Waals surface area contributed by atoms with Gasteiger partial charge in [-0.3, -0.25) is 4.98 Å². The van der Waals surface area contributed by atoms with Crippen LogP contribution in [0.2, 0.25) is 0 Å². The van der Waals surface area contributed by atoms with Gasteiger partial charge in [0, 0.05) is 23.7 Å². The Labute approximate surface area is 249 Å². The molecule has 2 unspecified atom stereocenters. The first-order valence-corrected chi connectivity index (χ1v) is 15.7. The molecule has 0 aliphatic heterocycles. The molecule has 0 N–H and O–H groups in total. The van der Waals surface area contributed by atoms with Crippen molar-refractivity contribution in [2.24, 2.45) is 5.92 Å². The van der Waals surface area contributed by atoms with Crippen LogP contribution in [0.15, 0.2) is 84.7 Å². The highest BCUT2D eigenvalue weighted by atomic mass is 14.6. The molecule has 0 saturated carbocycles. The molecule has 0 amide bonds. The van der Waals surface area contributed by atoms with Crippen LogP contribution in [0.5, 0.6) is 0 Å². The van der Waals surface area contributed by atoms with Gasteiger partial charge >= 0.3 is 0 Å². The number of aromatic nitrogens is 1. The zero-order valence-electron chi connectivity index (χ0n) is 25.0. The minimum Gasteiger partial charge on any atom is -0.264 e. The number of rotatable bonds is 2. The number of hydrogen-bond acceptors (Lipinski definition) is 1. The Bertz CT molecular complexity index is 2050. The van der Waals surface area contributed by atoms with Crippen molar-refractivity contribution in [3.05, 3.63) is 128 Å². The molecule has 7 rings (SSSR count). The minimum absolute atomic E-state index is 0.376. The van der Waals surface area contributed by atoms with Crippen molar-refractivity contribution in [1.29, 1.82) is 0 Å². The van der Waals surface area contributed by atoms with E-state index in [0.29, 0.717) is 11.8 Å². The summed E-state index contributed by atoms with van der Waals surface area (Å²) in [6.07, 6.45) is 26.9. The first kappa shape index (κ1) is 26.7. The Kier molecular flexibility index (Phi) is 7.12. The van der Waals surface area contributed by atoms with Crippen molar-refractivity contribution < 1.29 is 0 Å². The van der Waals surface area contributed by atoms with Crippen molar-refractivity contribution in [1.82, 2.24) is 4.98 Å². The Morgan fingerprint density at radius 2 is 1.48 bits per heavy atom. The normalized spacial score (nSPS) is 24.5. The van der Waals surface area contributed by atoms with Gasteiger partial charge in [-0.15, -0.1) is 0 Å². The molecule has 0 radical (unpaired) electrons. The molecule has 1 aromatic heterocycles. The molecule has 0 fully saturated rings. The summed E-state index contributed by atoms with van der Waals surface area (Å²) in [4.78, 5) is 4.73. The average molecular weight is 546 g/mol. The van der Waals surface area contributed by atoms with E-state index in [1.807, 2.05) is 6.20 Å². The number of fused-ring (bicyclic) bond motifs is 4. The topological polar surface area (TPSA) is 12.9 Å². The second kappa shape index (κ2) is 11.2. The van der Waals surface area contributed by atoms with E-state index in [9.17, 15) is 0 Å². The van der Waals surface area contributed by atoms with E-state index in [-0.39, 0.29) is 0 Å². The van der Waals surface area contributed by atoms with Crippen LogP contribution in [0.4, 0.5) is 0 Å². The summed E-state index contributed by atoms with van der Waals surface area (Å²) in [6.45, 7) is 7.02. The van der Waals surface area contributed by atoms with E-state index in [1.54, 1.807) is 0 Å². The lowest BCUT2D eigenvalue weighted by molar-refractivity contribution is 0.641. The summed E-state index contributed by atoms with van der Waals surface area (Å²) in [5, 5.41) is 7.91. The molecule has 1 nitrogen and oxygen atoms in total. The molecule has 3 aromatic carbocycles. The van der Waals surface area contributed by atoms with E-state index >= 15 is 0 Å². The molecule has 4 aromatic rings. The van der Waals surface area contributed by atoms with E-state index in [2.05, 4.69) is 124 Å². The standard InChI is InChI=1S/C41H39N/c1-27-12-4-10-19-36-38(22-27)41(34-23-28(2)29(3)35-18-11-9-16-32(35)25-34)39-26-42-21-20-37(39)40(36)33-17-8-6-14-30-13-5-7-15-31(30)24-33/h5,7,9,11,13-27,29H,4,6,8,10,12H2,1-3H3/b30-14+,31-24-,33-17+,36-19+,38-22+. The predicted molar refractivity (Wildman–Crippen MR) is 181 cm³/mol.